The average molecular weight is 638 g/mol. The maximum atomic E-state index is 14.2. The zero-order valence-electron chi connectivity index (χ0n) is 28.2. The zero-order chi connectivity index (χ0) is 34.1. The summed E-state index contributed by atoms with van der Waals surface area (Å²) in [5.41, 5.74) is 5.40. The fraction of sp³-hybridized carbons (Fsp3) is 0.657. The van der Waals surface area contributed by atoms with E-state index in [0.717, 1.165) is 18.4 Å². The van der Waals surface area contributed by atoms with Gasteiger partial charge in [0.05, 0.1) is 12.1 Å². The van der Waals surface area contributed by atoms with Crippen LogP contribution in [-0.4, -0.2) is 70.9 Å². The minimum Gasteiger partial charge on any atom is -0.363 e. The number of carbonyl (C=O) groups excluding carboxylic acids is 6. The van der Waals surface area contributed by atoms with E-state index in [1.54, 1.807) is 0 Å². The molecule has 3 fully saturated rings. The Morgan fingerprint density at radius 3 is 2.15 bits per heavy atom. The van der Waals surface area contributed by atoms with Gasteiger partial charge >= 0.3 is 6.03 Å². The Bertz CT molecular complexity index is 1350. The molecule has 0 aromatic heterocycles. The SMILES string of the molecule is CC(C)C(NC(=O)N[C@H](C(=O)N1C[C@H]2C([C@H]1C(=O)NC(CC1CC1)C(=O)C(N)=O)C2(C)C)C(C)(C)C)C(=O)CCc1ccccc1. The Kier molecular flexibility index (Phi) is 10.3. The average Bonchev–Trinajstić information content (AvgIpc) is 3.83. The first-order chi connectivity index (χ1) is 21.4. The predicted octanol–water partition coefficient (Wildman–Crippen LogP) is 2.75. The van der Waals surface area contributed by atoms with Gasteiger partial charge in [0.2, 0.25) is 17.6 Å². The maximum absolute atomic E-state index is 14.2. The van der Waals surface area contributed by atoms with Gasteiger partial charge in [0.1, 0.15) is 12.1 Å². The molecule has 252 valence electrons. The molecule has 6 atom stereocenters. The third-order valence-corrected chi connectivity index (χ3v) is 10.1. The van der Waals surface area contributed by atoms with Crippen molar-refractivity contribution in [2.75, 3.05) is 6.54 Å². The number of ketones is 2. The predicted molar refractivity (Wildman–Crippen MR) is 173 cm³/mol. The number of fused-ring (bicyclic) bond motifs is 1. The molecular formula is C35H51N5O6. The van der Waals surface area contributed by atoms with E-state index in [1.807, 2.05) is 65.0 Å². The topological polar surface area (TPSA) is 168 Å². The number of piperidine rings is 1. The molecule has 0 spiro atoms. The van der Waals surface area contributed by atoms with Crippen LogP contribution in [0.1, 0.15) is 79.7 Å². The number of carbonyl (C=O) groups is 6. The van der Waals surface area contributed by atoms with Crippen LogP contribution >= 0.6 is 0 Å². The van der Waals surface area contributed by atoms with E-state index in [1.165, 1.54) is 4.90 Å². The van der Waals surface area contributed by atoms with Gasteiger partial charge in [0, 0.05) is 13.0 Å². The molecule has 4 rings (SSSR count). The summed E-state index contributed by atoms with van der Waals surface area (Å²) < 4.78 is 0. The van der Waals surface area contributed by atoms with Crippen molar-refractivity contribution in [3.05, 3.63) is 35.9 Å². The van der Waals surface area contributed by atoms with Crippen molar-refractivity contribution < 1.29 is 28.8 Å². The van der Waals surface area contributed by atoms with Gasteiger partial charge in [0.25, 0.3) is 5.91 Å². The highest BCUT2D eigenvalue weighted by Crippen LogP contribution is 2.65. The number of hydrogen-bond acceptors (Lipinski definition) is 6. The number of amides is 5. The van der Waals surface area contributed by atoms with Crippen molar-refractivity contribution >= 4 is 35.3 Å². The molecule has 11 nitrogen and oxygen atoms in total. The highest BCUT2D eigenvalue weighted by molar-refractivity contribution is 6.37. The summed E-state index contributed by atoms with van der Waals surface area (Å²) in [4.78, 5) is 80.5. The summed E-state index contributed by atoms with van der Waals surface area (Å²) in [6.07, 6.45) is 2.98. The lowest BCUT2D eigenvalue weighted by Gasteiger charge is -2.38. The normalized spacial score (nSPS) is 23.5. The van der Waals surface area contributed by atoms with Crippen molar-refractivity contribution in [1.29, 1.82) is 0 Å². The lowest BCUT2D eigenvalue weighted by atomic mass is 9.85. The molecule has 5 N–H and O–H groups in total. The van der Waals surface area contributed by atoms with E-state index in [4.69, 9.17) is 5.73 Å². The Morgan fingerprint density at radius 2 is 1.61 bits per heavy atom. The summed E-state index contributed by atoms with van der Waals surface area (Å²) >= 11 is 0. The molecule has 1 heterocycles. The number of aryl methyl sites for hydroxylation is 1. The number of nitrogens with two attached hydrogens (primary N) is 1. The highest BCUT2D eigenvalue weighted by Gasteiger charge is 2.70. The first-order valence-corrected chi connectivity index (χ1v) is 16.5. The number of Topliss-reactive ketones (excluding diaryl/α,β-unsaturated/α-hetero) is 2. The van der Waals surface area contributed by atoms with Gasteiger partial charge in [-0.15, -0.1) is 0 Å². The van der Waals surface area contributed by atoms with Gasteiger partial charge in [-0.25, -0.2) is 4.79 Å². The van der Waals surface area contributed by atoms with Gasteiger partial charge in [-0.05, 0) is 52.9 Å². The Labute approximate surface area is 272 Å². The van der Waals surface area contributed by atoms with Crippen molar-refractivity contribution in [2.45, 2.75) is 105 Å². The lowest BCUT2D eigenvalue weighted by molar-refractivity contribution is -0.145. The second-order valence-electron chi connectivity index (χ2n) is 15.4. The van der Waals surface area contributed by atoms with Gasteiger partial charge in [-0.3, -0.25) is 24.0 Å². The smallest absolute Gasteiger partial charge is 0.316 e. The van der Waals surface area contributed by atoms with Gasteiger partial charge in [0.15, 0.2) is 5.78 Å². The monoisotopic (exact) mass is 637 g/mol. The molecular weight excluding hydrogens is 586 g/mol. The molecule has 3 unspecified atom stereocenters. The molecule has 46 heavy (non-hydrogen) atoms. The van der Waals surface area contributed by atoms with Crippen LogP contribution in [0.2, 0.25) is 0 Å². The number of hydrogen-bond donors (Lipinski definition) is 4. The number of benzene rings is 1. The Hall–Kier alpha value is -3.76. The van der Waals surface area contributed by atoms with Crippen LogP contribution in [0, 0.1) is 34.5 Å². The van der Waals surface area contributed by atoms with E-state index in [-0.39, 0.29) is 41.3 Å². The van der Waals surface area contributed by atoms with E-state index >= 15 is 0 Å². The standard InChI is InChI=1S/C35H51N5O6/c1-19(2)26(24(41)16-15-20-11-9-8-10-12-20)38-33(46)39-29(34(3,4)5)32(45)40-18-22-25(35(22,6)7)27(40)31(44)37-23(17-21-13-14-21)28(42)30(36)43/h8-12,19,21-23,25-27,29H,13-18H2,1-7H3,(H2,36,43)(H,37,44)(H2,38,39,46)/t22-,23?,25?,26?,27-,29+/m0/s1. The number of nitrogens with one attached hydrogen (secondary N) is 3. The van der Waals surface area contributed by atoms with Crippen LogP contribution in [0.4, 0.5) is 4.79 Å². The second-order valence-corrected chi connectivity index (χ2v) is 15.4. The summed E-state index contributed by atoms with van der Waals surface area (Å²) in [7, 11) is 0. The summed E-state index contributed by atoms with van der Waals surface area (Å²) in [6, 6.07) is 5.37. The van der Waals surface area contributed by atoms with E-state index in [9.17, 15) is 28.8 Å². The van der Waals surface area contributed by atoms with E-state index in [0.29, 0.717) is 19.4 Å². The quantitative estimate of drug-likeness (QED) is 0.229. The third-order valence-electron chi connectivity index (χ3n) is 10.1. The Morgan fingerprint density at radius 1 is 0.978 bits per heavy atom. The molecule has 2 aliphatic carbocycles. The zero-order valence-corrected chi connectivity index (χ0v) is 28.2. The maximum Gasteiger partial charge on any atom is 0.316 e. The molecule has 1 aromatic carbocycles. The van der Waals surface area contributed by atoms with Crippen LogP contribution < -0.4 is 21.7 Å². The molecule has 11 heteroatoms. The largest absolute Gasteiger partial charge is 0.363 e. The van der Waals surface area contributed by atoms with Crippen LogP contribution in [0.25, 0.3) is 0 Å². The molecule has 0 bridgehead atoms. The van der Waals surface area contributed by atoms with Gasteiger partial charge in [-0.1, -0.05) is 91.6 Å². The lowest BCUT2D eigenvalue weighted by Crippen LogP contribution is -2.62. The van der Waals surface area contributed by atoms with Gasteiger partial charge < -0.3 is 26.6 Å². The molecule has 2 saturated carbocycles. The molecule has 1 aromatic rings. The summed E-state index contributed by atoms with van der Waals surface area (Å²) in [5, 5.41) is 8.40. The van der Waals surface area contributed by atoms with Crippen LogP contribution in [0.3, 0.4) is 0 Å². The molecule has 1 saturated heterocycles. The van der Waals surface area contributed by atoms with Crippen molar-refractivity contribution in [3.63, 3.8) is 0 Å². The van der Waals surface area contributed by atoms with Crippen molar-refractivity contribution in [3.8, 4) is 0 Å². The summed E-state index contributed by atoms with van der Waals surface area (Å²) in [6.45, 7) is 13.6. The first kappa shape index (κ1) is 35.1. The van der Waals surface area contributed by atoms with Crippen LogP contribution in [0.5, 0.6) is 0 Å². The fourth-order valence-electron chi connectivity index (χ4n) is 6.98. The molecule has 3 aliphatic rings. The number of nitrogens with zero attached hydrogens (tertiary/aromatic N) is 1. The third kappa shape index (κ3) is 7.96. The van der Waals surface area contributed by atoms with E-state index < -0.39 is 59.1 Å². The van der Waals surface area contributed by atoms with Crippen molar-refractivity contribution in [1.82, 2.24) is 20.9 Å². The Balaban J connectivity index is 1.48. The minimum atomic E-state index is -1.10. The summed E-state index contributed by atoms with van der Waals surface area (Å²) in [5.74, 6) is -2.94. The van der Waals surface area contributed by atoms with Crippen molar-refractivity contribution in [2.24, 2.45) is 40.2 Å². The number of urea groups is 1. The van der Waals surface area contributed by atoms with Gasteiger partial charge in [-0.2, -0.15) is 0 Å². The highest BCUT2D eigenvalue weighted by atomic mass is 16.2. The van der Waals surface area contributed by atoms with Crippen LogP contribution in [0.15, 0.2) is 30.3 Å². The first-order valence-electron chi connectivity index (χ1n) is 16.5. The number of rotatable bonds is 14. The number of primary amides is 1. The molecule has 1 aliphatic heterocycles. The number of likely N-dealkylation sites (tertiary alicyclic amines) is 1. The van der Waals surface area contributed by atoms with Crippen LogP contribution in [-0.2, 0) is 30.4 Å². The minimum absolute atomic E-state index is 0.0722. The second kappa shape index (κ2) is 13.5. The molecule has 0 radical (unpaired) electrons. The fourth-order valence-corrected chi connectivity index (χ4v) is 6.98. The molecule has 5 amide bonds. The van der Waals surface area contributed by atoms with E-state index in [2.05, 4.69) is 29.8 Å².